The zero-order valence-electron chi connectivity index (χ0n) is 24.9. The minimum Gasteiger partial charge on any atom is -0.461 e. The van der Waals surface area contributed by atoms with E-state index < -0.39 is 23.7 Å². The third kappa shape index (κ3) is 9.01. The number of alkyl carbamates (subject to hydrolysis) is 1. The fraction of sp³-hybridized carbons (Fsp3) is 0.433. The van der Waals surface area contributed by atoms with Crippen LogP contribution in [-0.4, -0.2) is 40.3 Å². The van der Waals surface area contributed by atoms with Crippen LogP contribution in [0.25, 0.3) is 11.1 Å². The Morgan fingerprint density at radius 1 is 1.02 bits per heavy atom. The quantitative estimate of drug-likeness (QED) is 0.235. The molecule has 2 aromatic heterocycles. The summed E-state index contributed by atoms with van der Waals surface area (Å²) in [5, 5.41) is 10.3. The minimum absolute atomic E-state index is 0.124. The molecule has 2 heterocycles. The topological polar surface area (TPSA) is 132 Å². The molecule has 0 saturated carbocycles. The number of aromatic nitrogens is 2. The van der Waals surface area contributed by atoms with Crippen molar-refractivity contribution in [2.24, 2.45) is 5.92 Å². The van der Waals surface area contributed by atoms with Crippen molar-refractivity contribution in [1.82, 2.24) is 15.3 Å². The summed E-state index contributed by atoms with van der Waals surface area (Å²) in [6, 6.07) is 7.41. The van der Waals surface area contributed by atoms with Crippen molar-refractivity contribution < 1.29 is 23.9 Å². The maximum absolute atomic E-state index is 13.2. The van der Waals surface area contributed by atoms with Gasteiger partial charge in [-0.3, -0.25) is 10.3 Å². The molecule has 41 heavy (non-hydrogen) atoms. The van der Waals surface area contributed by atoms with E-state index in [1.807, 2.05) is 38.1 Å². The summed E-state index contributed by atoms with van der Waals surface area (Å²) >= 11 is 1.12. The molecule has 0 unspecified atom stereocenters. The molecule has 10 nitrogen and oxygen atoms in total. The van der Waals surface area contributed by atoms with E-state index in [0.29, 0.717) is 23.7 Å². The first-order valence-electron chi connectivity index (χ1n) is 13.5. The number of ether oxygens (including phenoxy) is 2. The number of anilines is 2. The lowest BCUT2D eigenvalue weighted by Crippen LogP contribution is -2.32. The molecule has 3 N–H and O–H groups in total. The molecule has 0 aliphatic rings. The smallest absolute Gasteiger partial charge is 0.407 e. The second-order valence-corrected chi connectivity index (χ2v) is 11.9. The number of carbonyl (C=O) groups is 3. The van der Waals surface area contributed by atoms with Gasteiger partial charge in [-0.2, -0.15) is 0 Å². The van der Waals surface area contributed by atoms with Crippen LogP contribution in [0.4, 0.5) is 20.4 Å². The van der Waals surface area contributed by atoms with Crippen LogP contribution in [0.3, 0.4) is 0 Å². The number of carbonyl (C=O) groups excluding carboxylic acids is 3. The Labute approximate surface area is 245 Å². The van der Waals surface area contributed by atoms with Gasteiger partial charge in [0, 0.05) is 28.7 Å². The molecule has 1 aromatic carbocycles. The van der Waals surface area contributed by atoms with Gasteiger partial charge in [-0.15, -0.1) is 11.3 Å². The van der Waals surface area contributed by atoms with E-state index in [9.17, 15) is 14.4 Å². The molecular weight excluding hydrogens is 542 g/mol. The summed E-state index contributed by atoms with van der Waals surface area (Å²) in [6.07, 6.45) is 0.129. The summed E-state index contributed by atoms with van der Waals surface area (Å²) in [5.74, 6) is -0.254. The molecule has 0 fully saturated rings. The van der Waals surface area contributed by atoms with Crippen LogP contribution in [0.2, 0.25) is 0 Å². The van der Waals surface area contributed by atoms with E-state index >= 15 is 0 Å². The van der Waals surface area contributed by atoms with Crippen LogP contribution in [0, 0.1) is 19.8 Å². The Kier molecular flexibility index (Phi) is 10.4. The van der Waals surface area contributed by atoms with Gasteiger partial charge in [0.15, 0.2) is 10.8 Å². The third-order valence-electron chi connectivity index (χ3n) is 5.76. The highest BCUT2D eigenvalue weighted by atomic mass is 32.1. The lowest BCUT2D eigenvalue weighted by atomic mass is 9.92. The number of benzene rings is 1. The summed E-state index contributed by atoms with van der Waals surface area (Å²) in [7, 11) is 0. The number of esters is 1. The van der Waals surface area contributed by atoms with Crippen LogP contribution < -0.4 is 16.0 Å². The second kappa shape index (κ2) is 13.6. The Morgan fingerprint density at radius 2 is 1.71 bits per heavy atom. The number of rotatable bonds is 9. The van der Waals surface area contributed by atoms with Gasteiger partial charge in [-0.1, -0.05) is 43.7 Å². The van der Waals surface area contributed by atoms with Crippen molar-refractivity contribution in [1.29, 1.82) is 0 Å². The van der Waals surface area contributed by atoms with Crippen molar-refractivity contribution in [3.05, 3.63) is 57.9 Å². The Morgan fingerprint density at radius 3 is 2.32 bits per heavy atom. The average molecular weight is 582 g/mol. The fourth-order valence-corrected chi connectivity index (χ4v) is 4.76. The lowest BCUT2D eigenvalue weighted by molar-refractivity contribution is 0.0511. The highest BCUT2D eigenvalue weighted by Gasteiger charge is 2.24. The van der Waals surface area contributed by atoms with Crippen molar-refractivity contribution in [3.63, 3.8) is 0 Å². The molecule has 0 aliphatic carbocycles. The summed E-state index contributed by atoms with van der Waals surface area (Å²) in [4.78, 5) is 46.8. The second-order valence-electron chi connectivity index (χ2n) is 11.0. The number of nitrogens with one attached hydrogen (secondary N) is 3. The van der Waals surface area contributed by atoms with Gasteiger partial charge in [-0.05, 0) is 59.4 Å². The van der Waals surface area contributed by atoms with Gasteiger partial charge >= 0.3 is 18.1 Å². The predicted molar refractivity (Wildman–Crippen MR) is 161 cm³/mol. The van der Waals surface area contributed by atoms with Gasteiger partial charge in [0.05, 0.1) is 18.0 Å². The summed E-state index contributed by atoms with van der Waals surface area (Å²) in [5.41, 5.74) is 4.92. The molecule has 11 heteroatoms. The predicted octanol–water partition coefficient (Wildman–Crippen LogP) is 6.87. The molecule has 0 saturated heterocycles. The number of hydrogen-bond acceptors (Lipinski definition) is 8. The highest BCUT2D eigenvalue weighted by Crippen LogP contribution is 2.36. The zero-order valence-corrected chi connectivity index (χ0v) is 25.7. The number of pyridine rings is 1. The van der Waals surface area contributed by atoms with Gasteiger partial charge in [-0.25, -0.2) is 19.4 Å². The van der Waals surface area contributed by atoms with Crippen LogP contribution in [0.5, 0.6) is 0 Å². The molecular formula is C30H39N5O5S. The molecule has 3 aromatic rings. The minimum atomic E-state index is -0.649. The third-order valence-corrected chi connectivity index (χ3v) is 6.52. The van der Waals surface area contributed by atoms with E-state index in [2.05, 4.69) is 34.8 Å². The Hall–Kier alpha value is -3.99. The fourth-order valence-electron chi connectivity index (χ4n) is 4.09. The van der Waals surface area contributed by atoms with Crippen LogP contribution >= 0.6 is 11.3 Å². The van der Waals surface area contributed by atoms with Gasteiger partial charge in [0.1, 0.15) is 5.60 Å². The largest absolute Gasteiger partial charge is 0.461 e. The van der Waals surface area contributed by atoms with E-state index in [1.165, 1.54) is 5.38 Å². The Balaban J connectivity index is 2.03. The van der Waals surface area contributed by atoms with Crippen LogP contribution in [0.1, 0.15) is 74.5 Å². The number of nitrogens with zero attached hydrogens (tertiary/aromatic N) is 2. The van der Waals surface area contributed by atoms with E-state index in [1.54, 1.807) is 27.7 Å². The first-order valence-corrected chi connectivity index (χ1v) is 14.4. The van der Waals surface area contributed by atoms with Gasteiger partial charge in [0.2, 0.25) is 0 Å². The monoisotopic (exact) mass is 581 g/mol. The van der Waals surface area contributed by atoms with E-state index in [4.69, 9.17) is 14.5 Å². The van der Waals surface area contributed by atoms with Crippen molar-refractivity contribution in [2.75, 3.05) is 17.2 Å². The summed E-state index contributed by atoms with van der Waals surface area (Å²) in [6.45, 7) is 15.6. The molecule has 0 atom stereocenters. The van der Waals surface area contributed by atoms with E-state index in [-0.39, 0.29) is 24.0 Å². The first-order chi connectivity index (χ1) is 19.3. The van der Waals surface area contributed by atoms with Crippen molar-refractivity contribution in [3.8, 4) is 11.1 Å². The first kappa shape index (κ1) is 31.5. The van der Waals surface area contributed by atoms with Crippen LogP contribution in [0.15, 0.2) is 29.6 Å². The molecule has 0 aliphatic heterocycles. The van der Waals surface area contributed by atoms with Gasteiger partial charge < -0.3 is 20.1 Å². The molecule has 0 spiro atoms. The number of hydrogen-bond donors (Lipinski definition) is 3. The maximum Gasteiger partial charge on any atom is 0.407 e. The normalized spacial score (nSPS) is 11.2. The maximum atomic E-state index is 13.2. The van der Waals surface area contributed by atoms with Crippen molar-refractivity contribution >= 4 is 40.2 Å². The molecule has 3 rings (SSSR count). The number of urea groups is 1. The Bertz CT molecular complexity index is 1390. The summed E-state index contributed by atoms with van der Waals surface area (Å²) < 4.78 is 10.5. The molecule has 0 bridgehead atoms. The average Bonchev–Trinajstić information content (AvgIpc) is 3.32. The molecule has 220 valence electrons. The number of aryl methyl sites for hydroxylation is 2. The number of thiazole rings is 1. The zero-order chi connectivity index (χ0) is 30.3. The highest BCUT2D eigenvalue weighted by molar-refractivity contribution is 7.14. The standard InChI is InChI=1S/C30H39N5O5S/c1-9-39-26(36)23-16-41-28(33-23)35-27(37)34-25-19(5)32-22(14-17(2)3)21(15-31-29(38)40-30(6,7)8)24(25)20-12-10-18(4)11-13-20/h10-13,16-17H,9,14-15H2,1-8H3,(H,31,38)(H2,33,34,35,37). The molecule has 3 amide bonds. The van der Waals surface area contributed by atoms with E-state index in [0.717, 1.165) is 39.3 Å². The number of amides is 3. The van der Waals surface area contributed by atoms with Crippen LogP contribution in [-0.2, 0) is 22.4 Å². The lowest BCUT2D eigenvalue weighted by Gasteiger charge is -2.24. The van der Waals surface area contributed by atoms with Crippen molar-refractivity contribution in [2.45, 2.75) is 74.0 Å². The SMILES string of the molecule is CCOC(=O)c1csc(NC(=O)Nc2c(C)nc(CC(C)C)c(CNC(=O)OC(C)(C)C)c2-c2ccc(C)cc2)n1. The molecule has 0 radical (unpaired) electrons. The van der Waals surface area contributed by atoms with Gasteiger partial charge in [0.25, 0.3) is 0 Å².